The zero-order valence-electron chi connectivity index (χ0n) is 16.3. The molecule has 1 heterocycles. The summed E-state index contributed by atoms with van der Waals surface area (Å²) < 4.78 is 11.3. The number of ether oxygens (including phenoxy) is 2. The van der Waals surface area contributed by atoms with Gasteiger partial charge in [-0.2, -0.15) is 0 Å². The summed E-state index contributed by atoms with van der Waals surface area (Å²) in [7, 11) is 1.79. The first-order chi connectivity index (χ1) is 13.3. The molecule has 0 saturated carbocycles. The summed E-state index contributed by atoms with van der Waals surface area (Å²) in [5.41, 5.74) is 3.81. The van der Waals surface area contributed by atoms with Crippen molar-refractivity contribution in [1.82, 2.24) is 10.6 Å². The molecular weight excluding hydrogens is 338 g/mol. The van der Waals surface area contributed by atoms with Crippen molar-refractivity contribution in [2.45, 2.75) is 32.7 Å². The van der Waals surface area contributed by atoms with Crippen molar-refractivity contribution in [3.05, 3.63) is 59.2 Å². The molecule has 1 aliphatic rings. The van der Waals surface area contributed by atoms with Gasteiger partial charge in [0.05, 0.1) is 13.2 Å². The van der Waals surface area contributed by atoms with Crippen LogP contribution in [0.5, 0.6) is 11.5 Å². The van der Waals surface area contributed by atoms with Crippen molar-refractivity contribution in [1.29, 1.82) is 0 Å². The standard InChI is InChI=1S/C22H29N3O2/c1-3-12-26-20-6-4-5-18(15-20)16-25-22(23-2)24-11-9-17-7-8-21-19(14-17)10-13-27-21/h4-8,14-15H,3,9-13,16H2,1-2H3,(H2,23,24,25). The van der Waals surface area contributed by atoms with Crippen LogP contribution in [0.25, 0.3) is 0 Å². The summed E-state index contributed by atoms with van der Waals surface area (Å²) >= 11 is 0. The fourth-order valence-electron chi connectivity index (χ4n) is 3.09. The monoisotopic (exact) mass is 367 g/mol. The average Bonchev–Trinajstić information content (AvgIpc) is 3.17. The van der Waals surface area contributed by atoms with E-state index in [1.807, 2.05) is 12.1 Å². The van der Waals surface area contributed by atoms with Crippen LogP contribution in [0.15, 0.2) is 47.5 Å². The maximum absolute atomic E-state index is 5.69. The van der Waals surface area contributed by atoms with Gasteiger partial charge >= 0.3 is 0 Å². The molecule has 3 rings (SSSR count). The van der Waals surface area contributed by atoms with Gasteiger partial charge in [-0.3, -0.25) is 4.99 Å². The number of nitrogens with zero attached hydrogens (tertiary/aromatic N) is 1. The molecule has 2 aromatic rings. The minimum Gasteiger partial charge on any atom is -0.494 e. The highest BCUT2D eigenvalue weighted by Crippen LogP contribution is 2.25. The van der Waals surface area contributed by atoms with E-state index in [-0.39, 0.29) is 0 Å². The summed E-state index contributed by atoms with van der Waals surface area (Å²) in [5, 5.41) is 6.74. The lowest BCUT2D eigenvalue weighted by molar-refractivity contribution is 0.317. The molecule has 0 saturated heterocycles. The summed E-state index contributed by atoms with van der Waals surface area (Å²) in [5.74, 6) is 2.76. The highest BCUT2D eigenvalue weighted by molar-refractivity contribution is 5.79. The molecule has 27 heavy (non-hydrogen) atoms. The van der Waals surface area contributed by atoms with Crippen molar-refractivity contribution < 1.29 is 9.47 Å². The number of hydrogen-bond acceptors (Lipinski definition) is 3. The number of fused-ring (bicyclic) bond motifs is 1. The molecule has 0 bridgehead atoms. The first-order valence-electron chi connectivity index (χ1n) is 9.69. The molecule has 0 atom stereocenters. The Hall–Kier alpha value is -2.69. The second-order valence-corrected chi connectivity index (χ2v) is 6.64. The molecule has 2 aromatic carbocycles. The Labute approximate surface area is 161 Å². The largest absolute Gasteiger partial charge is 0.494 e. The van der Waals surface area contributed by atoms with E-state index in [1.165, 1.54) is 16.7 Å². The maximum Gasteiger partial charge on any atom is 0.191 e. The van der Waals surface area contributed by atoms with E-state index in [1.54, 1.807) is 7.05 Å². The topological polar surface area (TPSA) is 54.9 Å². The number of aliphatic imine (C=N–C) groups is 1. The Balaban J connectivity index is 1.44. The van der Waals surface area contributed by atoms with Crippen LogP contribution < -0.4 is 20.1 Å². The first kappa shape index (κ1) is 19.1. The third-order valence-electron chi connectivity index (χ3n) is 4.51. The molecule has 0 amide bonds. The minimum atomic E-state index is 0.708. The van der Waals surface area contributed by atoms with Crippen LogP contribution in [-0.2, 0) is 19.4 Å². The molecule has 0 fully saturated rings. The van der Waals surface area contributed by atoms with E-state index < -0.39 is 0 Å². The van der Waals surface area contributed by atoms with E-state index in [2.05, 4.69) is 52.9 Å². The molecule has 2 N–H and O–H groups in total. The zero-order chi connectivity index (χ0) is 18.9. The van der Waals surface area contributed by atoms with E-state index in [4.69, 9.17) is 9.47 Å². The van der Waals surface area contributed by atoms with Gasteiger partial charge in [0.1, 0.15) is 11.5 Å². The number of rotatable bonds is 8. The van der Waals surface area contributed by atoms with Crippen LogP contribution >= 0.6 is 0 Å². The molecule has 144 valence electrons. The Morgan fingerprint density at radius 2 is 2.07 bits per heavy atom. The molecular formula is C22H29N3O2. The molecule has 1 aliphatic heterocycles. The Bertz CT molecular complexity index is 774. The van der Waals surface area contributed by atoms with Gasteiger partial charge < -0.3 is 20.1 Å². The second kappa shape index (κ2) is 9.86. The first-order valence-corrected chi connectivity index (χ1v) is 9.69. The van der Waals surface area contributed by atoms with E-state index in [0.717, 1.165) is 56.5 Å². The number of benzene rings is 2. The van der Waals surface area contributed by atoms with Crippen LogP contribution in [0, 0.1) is 0 Å². The number of hydrogen-bond donors (Lipinski definition) is 2. The predicted molar refractivity (Wildman–Crippen MR) is 110 cm³/mol. The van der Waals surface area contributed by atoms with Crippen LogP contribution in [-0.4, -0.2) is 32.8 Å². The van der Waals surface area contributed by atoms with E-state index >= 15 is 0 Å². The van der Waals surface area contributed by atoms with Crippen LogP contribution in [0.2, 0.25) is 0 Å². The summed E-state index contributed by atoms with van der Waals surface area (Å²) in [6.45, 7) is 5.20. The normalized spacial score (nSPS) is 13.0. The number of guanidine groups is 1. The third kappa shape index (κ3) is 5.64. The van der Waals surface area contributed by atoms with Gasteiger partial charge in [0.25, 0.3) is 0 Å². The van der Waals surface area contributed by atoms with Crippen LogP contribution in [0.1, 0.15) is 30.0 Å². The molecule has 0 aromatic heterocycles. The fraction of sp³-hybridized carbons (Fsp3) is 0.409. The smallest absolute Gasteiger partial charge is 0.191 e. The lowest BCUT2D eigenvalue weighted by Crippen LogP contribution is -2.37. The van der Waals surface area contributed by atoms with Crippen LogP contribution in [0.4, 0.5) is 0 Å². The predicted octanol–water partition coefficient (Wildman–Crippen LogP) is 3.32. The average molecular weight is 367 g/mol. The Kier molecular flexibility index (Phi) is 6.97. The van der Waals surface area contributed by atoms with Crippen molar-refractivity contribution >= 4 is 5.96 Å². The quantitative estimate of drug-likeness (QED) is 0.555. The molecule has 0 unspecified atom stereocenters. The summed E-state index contributed by atoms with van der Waals surface area (Å²) in [6.07, 6.45) is 2.98. The summed E-state index contributed by atoms with van der Waals surface area (Å²) in [4.78, 5) is 4.31. The molecule has 0 radical (unpaired) electrons. The Morgan fingerprint density at radius 3 is 2.93 bits per heavy atom. The lowest BCUT2D eigenvalue weighted by atomic mass is 10.1. The summed E-state index contributed by atoms with van der Waals surface area (Å²) in [6, 6.07) is 14.7. The van der Waals surface area contributed by atoms with Crippen molar-refractivity contribution in [3.63, 3.8) is 0 Å². The van der Waals surface area contributed by atoms with Crippen molar-refractivity contribution in [3.8, 4) is 11.5 Å². The second-order valence-electron chi connectivity index (χ2n) is 6.64. The van der Waals surface area contributed by atoms with Crippen molar-refractivity contribution in [2.24, 2.45) is 4.99 Å². The van der Waals surface area contributed by atoms with E-state index in [9.17, 15) is 0 Å². The van der Waals surface area contributed by atoms with Gasteiger partial charge in [-0.25, -0.2) is 0 Å². The molecule has 5 heteroatoms. The molecule has 0 aliphatic carbocycles. The van der Waals surface area contributed by atoms with Crippen LogP contribution in [0.3, 0.4) is 0 Å². The molecule has 0 spiro atoms. The highest BCUT2D eigenvalue weighted by Gasteiger charge is 2.11. The third-order valence-corrected chi connectivity index (χ3v) is 4.51. The van der Waals surface area contributed by atoms with Gasteiger partial charge in [0, 0.05) is 26.6 Å². The molecule has 5 nitrogen and oxygen atoms in total. The SMILES string of the molecule is CCCOc1cccc(CNC(=NC)NCCc2ccc3c(c2)CCO3)c1. The Morgan fingerprint density at radius 1 is 1.15 bits per heavy atom. The lowest BCUT2D eigenvalue weighted by Gasteiger charge is -2.13. The highest BCUT2D eigenvalue weighted by atomic mass is 16.5. The fourth-order valence-corrected chi connectivity index (χ4v) is 3.09. The number of nitrogens with one attached hydrogen (secondary N) is 2. The van der Waals surface area contributed by atoms with Gasteiger partial charge in [0.15, 0.2) is 5.96 Å². The van der Waals surface area contributed by atoms with Gasteiger partial charge in [-0.1, -0.05) is 31.2 Å². The zero-order valence-corrected chi connectivity index (χ0v) is 16.3. The van der Waals surface area contributed by atoms with Gasteiger partial charge in [0.2, 0.25) is 0 Å². The van der Waals surface area contributed by atoms with E-state index in [0.29, 0.717) is 6.54 Å². The maximum atomic E-state index is 5.69. The van der Waals surface area contributed by atoms with Gasteiger partial charge in [-0.15, -0.1) is 0 Å². The van der Waals surface area contributed by atoms with Crippen molar-refractivity contribution in [2.75, 3.05) is 26.8 Å². The minimum absolute atomic E-state index is 0.708. The van der Waals surface area contributed by atoms with Gasteiger partial charge in [-0.05, 0) is 47.7 Å².